The van der Waals surface area contributed by atoms with Crippen LogP contribution in [0.5, 0.6) is 5.75 Å². The molecule has 0 saturated carbocycles. The number of piperazine rings is 1. The Kier molecular flexibility index (Phi) is 5.47. The van der Waals surface area contributed by atoms with Gasteiger partial charge in [-0.3, -0.25) is 0 Å². The molecule has 0 N–H and O–H groups in total. The summed E-state index contributed by atoms with van der Waals surface area (Å²) in [6.07, 6.45) is 3.33. The fraction of sp³-hybridized carbons (Fsp3) is 0.333. The maximum Gasteiger partial charge on any atom is 0.246 e. The minimum Gasteiger partial charge on any atom is -0.494 e. The molecule has 1 aromatic carbocycles. The van der Waals surface area contributed by atoms with Gasteiger partial charge in [-0.05, 0) is 34.1 Å². The first-order valence-corrected chi connectivity index (χ1v) is 10.1. The van der Waals surface area contributed by atoms with Crippen LogP contribution in [0.1, 0.15) is 0 Å². The molecule has 0 amide bonds. The Morgan fingerprint density at radius 3 is 2.40 bits per heavy atom. The number of benzene rings is 1. The van der Waals surface area contributed by atoms with Gasteiger partial charge in [-0.2, -0.15) is 4.31 Å². The third kappa shape index (κ3) is 3.74. The number of halogens is 2. The first-order chi connectivity index (χ1) is 11.9. The average molecular weight is 448 g/mol. The van der Waals surface area contributed by atoms with Crippen molar-refractivity contribution < 1.29 is 13.2 Å². The fourth-order valence-corrected chi connectivity index (χ4v) is 5.44. The van der Waals surface area contributed by atoms with Crippen LogP contribution in [0.3, 0.4) is 0 Å². The van der Waals surface area contributed by atoms with Gasteiger partial charge in [0.2, 0.25) is 16.0 Å². The molecule has 0 bridgehead atoms. The van der Waals surface area contributed by atoms with Crippen LogP contribution in [-0.2, 0) is 10.0 Å². The summed E-state index contributed by atoms with van der Waals surface area (Å²) in [5.41, 5.74) is 0. The summed E-state index contributed by atoms with van der Waals surface area (Å²) in [7, 11) is -2.30. The van der Waals surface area contributed by atoms with Crippen LogP contribution in [0.15, 0.2) is 40.0 Å². The third-order valence-electron chi connectivity index (χ3n) is 3.87. The predicted octanol–water partition coefficient (Wildman–Crippen LogP) is 2.41. The lowest BCUT2D eigenvalue weighted by Gasteiger charge is -2.34. The van der Waals surface area contributed by atoms with Gasteiger partial charge in [-0.1, -0.05) is 11.6 Å². The van der Waals surface area contributed by atoms with Crippen LogP contribution in [0, 0.1) is 0 Å². The normalized spacial score (nSPS) is 16.0. The molecule has 3 rings (SSSR count). The second-order valence-electron chi connectivity index (χ2n) is 5.36. The molecule has 2 aromatic rings. The van der Waals surface area contributed by atoms with E-state index in [1.165, 1.54) is 17.5 Å². The molecule has 7 nitrogen and oxygen atoms in total. The monoisotopic (exact) mass is 446 g/mol. The molecule has 1 aliphatic heterocycles. The standard InChI is InChI=1S/C15H16BrClN4O3S/c1-24-14-12(16)9-11(17)10-13(14)25(22,23)21-7-5-20(6-8-21)15-18-3-2-4-19-15/h2-4,9-10H,5-8H2,1H3. The van der Waals surface area contributed by atoms with Crippen molar-refractivity contribution in [2.75, 3.05) is 38.2 Å². The van der Waals surface area contributed by atoms with E-state index in [9.17, 15) is 8.42 Å². The van der Waals surface area contributed by atoms with Crippen molar-refractivity contribution in [2.45, 2.75) is 4.90 Å². The van der Waals surface area contributed by atoms with E-state index < -0.39 is 10.0 Å². The van der Waals surface area contributed by atoms with Crippen molar-refractivity contribution >= 4 is 43.5 Å². The summed E-state index contributed by atoms with van der Waals surface area (Å²) in [4.78, 5) is 10.4. The molecule has 25 heavy (non-hydrogen) atoms. The van der Waals surface area contributed by atoms with E-state index in [-0.39, 0.29) is 10.6 Å². The lowest BCUT2D eigenvalue weighted by atomic mass is 10.3. The molecular weight excluding hydrogens is 432 g/mol. The Morgan fingerprint density at radius 2 is 1.80 bits per heavy atom. The van der Waals surface area contributed by atoms with E-state index in [4.69, 9.17) is 16.3 Å². The van der Waals surface area contributed by atoms with E-state index in [2.05, 4.69) is 25.9 Å². The molecule has 1 fully saturated rings. The summed E-state index contributed by atoms with van der Waals surface area (Å²) >= 11 is 9.33. The number of ether oxygens (including phenoxy) is 1. The van der Waals surface area contributed by atoms with Crippen molar-refractivity contribution in [2.24, 2.45) is 0 Å². The molecule has 1 aliphatic rings. The number of rotatable bonds is 4. The van der Waals surface area contributed by atoms with Crippen molar-refractivity contribution in [3.05, 3.63) is 40.1 Å². The van der Waals surface area contributed by atoms with Gasteiger partial charge in [-0.25, -0.2) is 18.4 Å². The number of nitrogens with zero attached hydrogens (tertiary/aromatic N) is 4. The molecule has 0 atom stereocenters. The molecule has 1 aromatic heterocycles. The molecule has 0 aliphatic carbocycles. The van der Waals surface area contributed by atoms with E-state index in [0.717, 1.165) is 0 Å². The number of aromatic nitrogens is 2. The maximum atomic E-state index is 13.0. The summed E-state index contributed by atoms with van der Waals surface area (Å²) < 4.78 is 33.2. The number of anilines is 1. The molecule has 10 heteroatoms. The highest BCUT2D eigenvalue weighted by atomic mass is 79.9. The van der Waals surface area contributed by atoms with Crippen LogP contribution in [0.25, 0.3) is 0 Å². The summed E-state index contributed by atoms with van der Waals surface area (Å²) in [5, 5.41) is 0.322. The van der Waals surface area contributed by atoms with Gasteiger partial charge in [0.25, 0.3) is 0 Å². The van der Waals surface area contributed by atoms with E-state index in [1.807, 2.05) is 4.90 Å². The van der Waals surface area contributed by atoms with E-state index in [0.29, 0.717) is 41.6 Å². The molecule has 0 spiro atoms. The van der Waals surface area contributed by atoms with Crippen molar-refractivity contribution in [1.82, 2.24) is 14.3 Å². The average Bonchev–Trinajstić information content (AvgIpc) is 2.62. The highest BCUT2D eigenvalue weighted by Crippen LogP contribution is 2.37. The zero-order valence-corrected chi connectivity index (χ0v) is 16.6. The number of sulfonamides is 1. The molecule has 134 valence electrons. The van der Waals surface area contributed by atoms with E-state index in [1.54, 1.807) is 24.5 Å². The maximum absolute atomic E-state index is 13.0. The molecule has 0 unspecified atom stereocenters. The lowest BCUT2D eigenvalue weighted by Crippen LogP contribution is -2.49. The Hall–Kier alpha value is -1.42. The Balaban J connectivity index is 1.83. The summed E-state index contributed by atoms with van der Waals surface area (Å²) in [6, 6.07) is 4.75. The highest BCUT2D eigenvalue weighted by molar-refractivity contribution is 9.10. The number of hydrogen-bond acceptors (Lipinski definition) is 6. The third-order valence-corrected chi connectivity index (χ3v) is 6.58. The van der Waals surface area contributed by atoms with Crippen LogP contribution >= 0.6 is 27.5 Å². The van der Waals surface area contributed by atoms with Gasteiger partial charge in [0.1, 0.15) is 4.90 Å². The SMILES string of the molecule is COc1c(Br)cc(Cl)cc1S(=O)(=O)N1CCN(c2ncccn2)CC1. The van der Waals surface area contributed by atoms with Crippen LogP contribution in [-0.4, -0.2) is 56.0 Å². The van der Waals surface area contributed by atoms with Gasteiger partial charge in [-0.15, -0.1) is 0 Å². The first kappa shape index (κ1) is 18.4. The largest absolute Gasteiger partial charge is 0.494 e. The minimum absolute atomic E-state index is 0.0544. The highest BCUT2D eigenvalue weighted by Gasteiger charge is 2.32. The zero-order chi connectivity index (χ0) is 18.0. The van der Waals surface area contributed by atoms with Crippen LogP contribution in [0.2, 0.25) is 5.02 Å². The quantitative estimate of drug-likeness (QED) is 0.716. The van der Waals surface area contributed by atoms with Crippen molar-refractivity contribution in [1.29, 1.82) is 0 Å². The Bertz CT molecular complexity index is 859. The lowest BCUT2D eigenvalue weighted by molar-refractivity contribution is 0.372. The van der Waals surface area contributed by atoms with Gasteiger partial charge in [0, 0.05) is 43.6 Å². The minimum atomic E-state index is -3.73. The van der Waals surface area contributed by atoms with Gasteiger partial charge < -0.3 is 9.64 Å². The van der Waals surface area contributed by atoms with Gasteiger partial charge in [0.05, 0.1) is 11.6 Å². The summed E-state index contributed by atoms with van der Waals surface area (Å²) in [6.45, 7) is 1.67. The first-order valence-electron chi connectivity index (χ1n) is 7.48. The Morgan fingerprint density at radius 1 is 1.16 bits per heavy atom. The van der Waals surface area contributed by atoms with Crippen molar-refractivity contribution in [3.8, 4) is 5.75 Å². The molecule has 0 radical (unpaired) electrons. The summed E-state index contributed by atoms with van der Waals surface area (Å²) in [5.74, 6) is 0.848. The number of hydrogen-bond donors (Lipinski definition) is 0. The molecular formula is C15H16BrClN4O3S. The smallest absolute Gasteiger partial charge is 0.246 e. The van der Waals surface area contributed by atoms with Gasteiger partial charge >= 0.3 is 0 Å². The fourth-order valence-electron chi connectivity index (χ4n) is 2.65. The zero-order valence-electron chi connectivity index (χ0n) is 13.4. The molecule has 1 saturated heterocycles. The predicted molar refractivity (Wildman–Crippen MR) is 98.7 cm³/mol. The second-order valence-corrected chi connectivity index (χ2v) is 8.56. The van der Waals surface area contributed by atoms with E-state index >= 15 is 0 Å². The number of methoxy groups -OCH3 is 1. The van der Waals surface area contributed by atoms with Gasteiger partial charge in [0.15, 0.2) is 5.75 Å². The Labute approximate surface area is 159 Å². The van der Waals surface area contributed by atoms with Crippen LogP contribution < -0.4 is 9.64 Å². The van der Waals surface area contributed by atoms with Crippen LogP contribution in [0.4, 0.5) is 5.95 Å². The van der Waals surface area contributed by atoms with Crippen molar-refractivity contribution in [3.63, 3.8) is 0 Å². The topological polar surface area (TPSA) is 75.6 Å². The molecule has 2 heterocycles. The second kappa shape index (κ2) is 7.45.